The zero-order chi connectivity index (χ0) is 16.4. The molecule has 0 fully saturated rings. The number of benzene rings is 2. The summed E-state index contributed by atoms with van der Waals surface area (Å²) in [4.78, 5) is 16.7. The van der Waals surface area contributed by atoms with E-state index in [1.54, 1.807) is 57.5 Å². The van der Waals surface area contributed by atoms with E-state index in [-0.39, 0.29) is 5.91 Å². The second-order valence-corrected chi connectivity index (χ2v) is 4.94. The molecule has 6 nitrogen and oxygen atoms in total. The van der Waals surface area contributed by atoms with Crippen molar-refractivity contribution in [2.75, 3.05) is 19.5 Å². The van der Waals surface area contributed by atoms with Gasteiger partial charge in [-0.1, -0.05) is 0 Å². The van der Waals surface area contributed by atoms with Crippen LogP contribution in [0.5, 0.6) is 11.5 Å². The number of fused-ring (bicyclic) bond motifs is 1. The minimum absolute atomic E-state index is 0.265. The van der Waals surface area contributed by atoms with Crippen LogP contribution in [0, 0.1) is 6.92 Å². The summed E-state index contributed by atoms with van der Waals surface area (Å²) in [7, 11) is 3.11. The third-order valence-corrected chi connectivity index (χ3v) is 3.41. The summed E-state index contributed by atoms with van der Waals surface area (Å²) in [6, 6.07) is 10.3. The summed E-state index contributed by atoms with van der Waals surface area (Å²) < 4.78 is 15.8. The molecule has 0 aliphatic rings. The highest BCUT2D eigenvalue weighted by Crippen LogP contribution is 2.29. The van der Waals surface area contributed by atoms with E-state index >= 15 is 0 Å². The van der Waals surface area contributed by atoms with Gasteiger partial charge in [0.1, 0.15) is 17.0 Å². The largest absolute Gasteiger partial charge is 0.497 e. The lowest BCUT2D eigenvalue weighted by molar-refractivity contribution is 0.102. The molecule has 23 heavy (non-hydrogen) atoms. The number of anilines is 1. The molecule has 0 saturated heterocycles. The number of hydrogen-bond donors (Lipinski definition) is 1. The van der Waals surface area contributed by atoms with E-state index in [9.17, 15) is 4.79 Å². The molecule has 0 aliphatic carbocycles. The Labute approximate surface area is 133 Å². The van der Waals surface area contributed by atoms with Crippen molar-refractivity contribution in [2.24, 2.45) is 0 Å². The maximum Gasteiger partial charge on any atom is 0.255 e. The standard InChI is InChI=1S/C17H16N2O4/c1-10-18-13-8-11(4-6-16(13)23-10)17(20)19-14-9-12(21-2)5-7-15(14)22-3/h4-9H,1-3H3,(H,19,20). The third-order valence-electron chi connectivity index (χ3n) is 3.41. The van der Waals surface area contributed by atoms with Crippen LogP contribution >= 0.6 is 0 Å². The Hall–Kier alpha value is -3.02. The van der Waals surface area contributed by atoms with Gasteiger partial charge in [0.25, 0.3) is 5.91 Å². The summed E-state index contributed by atoms with van der Waals surface area (Å²) in [5, 5.41) is 2.82. The Morgan fingerprint density at radius 1 is 1.13 bits per heavy atom. The van der Waals surface area contributed by atoms with Gasteiger partial charge in [-0.2, -0.15) is 0 Å². The van der Waals surface area contributed by atoms with Crippen molar-refractivity contribution in [1.29, 1.82) is 0 Å². The minimum Gasteiger partial charge on any atom is -0.497 e. The summed E-state index contributed by atoms with van der Waals surface area (Å²) in [5.41, 5.74) is 2.31. The zero-order valence-electron chi connectivity index (χ0n) is 13.0. The summed E-state index contributed by atoms with van der Waals surface area (Å²) >= 11 is 0. The van der Waals surface area contributed by atoms with E-state index in [0.717, 1.165) is 0 Å². The van der Waals surface area contributed by atoms with Crippen molar-refractivity contribution >= 4 is 22.7 Å². The lowest BCUT2D eigenvalue weighted by Gasteiger charge is -2.11. The van der Waals surface area contributed by atoms with Gasteiger partial charge in [0.05, 0.1) is 19.9 Å². The molecule has 118 valence electrons. The number of methoxy groups -OCH3 is 2. The van der Waals surface area contributed by atoms with E-state index < -0.39 is 0 Å². The van der Waals surface area contributed by atoms with E-state index in [1.807, 2.05) is 0 Å². The van der Waals surface area contributed by atoms with Gasteiger partial charge in [0.15, 0.2) is 11.5 Å². The molecule has 2 aromatic carbocycles. The number of rotatable bonds is 4. The number of nitrogens with zero attached hydrogens (tertiary/aromatic N) is 1. The molecule has 0 aliphatic heterocycles. The zero-order valence-corrected chi connectivity index (χ0v) is 13.0. The Balaban J connectivity index is 1.90. The van der Waals surface area contributed by atoms with Gasteiger partial charge in [0, 0.05) is 18.6 Å². The molecule has 1 amide bonds. The van der Waals surface area contributed by atoms with Crippen LogP contribution in [0.1, 0.15) is 16.2 Å². The summed E-state index contributed by atoms with van der Waals surface area (Å²) in [6.07, 6.45) is 0. The Bertz CT molecular complexity index is 870. The average Bonchev–Trinajstić information content (AvgIpc) is 2.93. The number of hydrogen-bond acceptors (Lipinski definition) is 5. The number of amides is 1. The summed E-state index contributed by atoms with van der Waals surface area (Å²) in [6.45, 7) is 1.76. The van der Waals surface area contributed by atoms with Crippen LogP contribution in [0.15, 0.2) is 40.8 Å². The monoisotopic (exact) mass is 312 g/mol. The number of oxazole rings is 1. The number of nitrogens with one attached hydrogen (secondary N) is 1. The maximum absolute atomic E-state index is 12.5. The highest BCUT2D eigenvalue weighted by Gasteiger charge is 2.13. The smallest absolute Gasteiger partial charge is 0.255 e. The Morgan fingerprint density at radius 3 is 2.70 bits per heavy atom. The van der Waals surface area contributed by atoms with Gasteiger partial charge in [-0.3, -0.25) is 4.79 Å². The van der Waals surface area contributed by atoms with Crippen LogP contribution in [-0.4, -0.2) is 25.1 Å². The van der Waals surface area contributed by atoms with Gasteiger partial charge in [-0.05, 0) is 30.3 Å². The predicted octanol–water partition coefficient (Wildman–Crippen LogP) is 3.41. The van der Waals surface area contributed by atoms with Crippen molar-refractivity contribution < 1.29 is 18.7 Å². The first-order chi connectivity index (χ1) is 11.1. The van der Waals surface area contributed by atoms with E-state index in [2.05, 4.69) is 10.3 Å². The Kier molecular flexibility index (Phi) is 3.89. The van der Waals surface area contributed by atoms with Crippen LogP contribution in [0.2, 0.25) is 0 Å². The van der Waals surface area contributed by atoms with Gasteiger partial charge >= 0.3 is 0 Å². The van der Waals surface area contributed by atoms with Crippen LogP contribution in [0.25, 0.3) is 11.1 Å². The molecule has 0 saturated carbocycles. The van der Waals surface area contributed by atoms with Gasteiger partial charge in [-0.25, -0.2) is 4.98 Å². The summed E-state index contributed by atoms with van der Waals surface area (Å²) in [5.74, 6) is 1.48. The minimum atomic E-state index is -0.265. The number of aryl methyl sites for hydroxylation is 1. The van der Waals surface area contributed by atoms with E-state index in [0.29, 0.717) is 39.7 Å². The molecule has 1 aromatic heterocycles. The molecule has 1 heterocycles. The van der Waals surface area contributed by atoms with Crippen molar-refractivity contribution in [3.8, 4) is 11.5 Å². The molecule has 6 heteroatoms. The Morgan fingerprint density at radius 2 is 1.96 bits per heavy atom. The van der Waals surface area contributed by atoms with Crippen molar-refractivity contribution in [3.63, 3.8) is 0 Å². The molecule has 3 aromatic rings. The number of carbonyl (C=O) groups excluding carboxylic acids is 1. The lowest BCUT2D eigenvalue weighted by Crippen LogP contribution is -2.12. The van der Waals surface area contributed by atoms with Crippen molar-refractivity contribution in [2.45, 2.75) is 6.92 Å². The molecule has 0 atom stereocenters. The highest BCUT2D eigenvalue weighted by molar-refractivity contribution is 6.06. The normalized spacial score (nSPS) is 10.6. The number of carbonyl (C=O) groups is 1. The second kappa shape index (κ2) is 6.00. The first kappa shape index (κ1) is 14.9. The topological polar surface area (TPSA) is 73.6 Å². The molecule has 0 unspecified atom stereocenters. The fourth-order valence-corrected chi connectivity index (χ4v) is 2.29. The molecule has 0 bridgehead atoms. The molecular weight excluding hydrogens is 296 g/mol. The maximum atomic E-state index is 12.5. The van der Waals surface area contributed by atoms with Gasteiger partial charge in [-0.15, -0.1) is 0 Å². The fraction of sp³-hybridized carbons (Fsp3) is 0.176. The lowest BCUT2D eigenvalue weighted by atomic mass is 10.2. The first-order valence-electron chi connectivity index (χ1n) is 7.01. The SMILES string of the molecule is COc1ccc(OC)c(NC(=O)c2ccc3oc(C)nc3c2)c1. The number of ether oxygens (including phenoxy) is 2. The first-order valence-corrected chi connectivity index (χ1v) is 7.01. The van der Waals surface area contributed by atoms with Crippen LogP contribution in [-0.2, 0) is 0 Å². The fourth-order valence-electron chi connectivity index (χ4n) is 2.29. The van der Waals surface area contributed by atoms with E-state index in [1.165, 1.54) is 0 Å². The molecule has 0 radical (unpaired) electrons. The van der Waals surface area contributed by atoms with Crippen LogP contribution in [0.3, 0.4) is 0 Å². The molecular formula is C17H16N2O4. The van der Waals surface area contributed by atoms with Crippen LogP contribution < -0.4 is 14.8 Å². The van der Waals surface area contributed by atoms with Gasteiger partial charge < -0.3 is 19.2 Å². The molecule has 0 spiro atoms. The van der Waals surface area contributed by atoms with Crippen molar-refractivity contribution in [1.82, 2.24) is 4.98 Å². The molecule has 3 rings (SSSR count). The van der Waals surface area contributed by atoms with Crippen LogP contribution in [0.4, 0.5) is 5.69 Å². The second-order valence-electron chi connectivity index (χ2n) is 4.94. The predicted molar refractivity (Wildman–Crippen MR) is 86.2 cm³/mol. The average molecular weight is 312 g/mol. The number of aromatic nitrogens is 1. The quantitative estimate of drug-likeness (QED) is 0.799. The van der Waals surface area contributed by atoms with E-state index in [4.69, 9.17) is 13.9 Å². The third kappa shape index (κ3) is 2.96. The molecule has 1 N–H and O–H groups in total. The highest BCUT2D eigenvalue weighted by atomic mass is 16.5. The van der Waals surface area contributed by atoms with Gasteiger partial charge in [0.2, 0.25) is 0 Å². The van der Waals surface area contributed by atoms with Crippen molar-refractivity contribution in [3.05, 3.63) is 47.9 Å².